The van der Waals surface area contributed by atoms with Crippen molar-refractivity contribution in [2.24, 2.45) is 5.73 Å². The van der Waals surface area contributed by atoms with E-state index in [9.17, 15) is 0 Å². The summed E-state index contributed by atoms with van der Waals surface area (Å²) in [7, 11) is 0. The molecule has 2 rings (SSSR count). The van der Waals surface area contributed by atoms with Gasteiger partial charge in [0, 0.05) is 0 Å². The van der Waals surface area contributed by atoms with Crippen LogP contribution in [0.4, 0.5) is 0 Å². The molecule has 2 aromatic rings. The van der Waals surface area contributed by atoms with Crippen molar-refractivity contribution in [2.75, 3.05) is 32.8 Å². The highest BCUT2D eigenvalue weighted by Gasteiger charge is 2.03. The van der Waals surface area contributed by atoms with E-state index in [4.69, 9.17) is 10.5 Å². The van der Waals surface area contributed by atoms with Gasteiger partial charge in [0.2, 0.25) is 0 Å². The third-order valence-electron chi connectivity index (χ3n) is 4.96. The molecule has 2 N–H and O–H groups in total. The molecule has 27 heavy (non-hydrogen) atoms. The van der Waals surface area contributed by atoms with Crippen molar-refractivity contribution in [3.05, 3.63) is 65.7 Å². The molecule has 0 spiro atoms. The highest BCUT2D eigenvalue weighted by Crippen LogP contribution is 2.14. The van der Waals surface area contributed by atoms with Gasteiger partial charge in [0.25, 0.3) is 0 Å². The average molecular weight is 369 g/mol. The van der Waals surface area contributed by atoms with Gasteiger partial charge in [-0.1, -0.05) is 49.4 Å². The van der Waals surface area contributed by atoms with Crippen LogP contribution in [-0.4, -0.2) is 37.7 Å². The van der Waals surface area contributed by atoms with Gasteiger partial charge in [-0.25, -0.2) is 0 Å². The first-order valence-corrected chi connectivity index (χ1v) is 10.5. The number of unbranched alkanes of at least 4 members (excludes halogenated alkanes) is 1. The maximum atomic E-state index is 5.74. The SMILES string of the molecule is CCN(CCCc1ccccc1)CCCc1ccc(OCCCCN)cc1. The predicted molar refractivity (Wildman–Crippen MR) is 115 cm³/mol. The summed E-state index contributed by atoms with van der Waals surface area (Å²) in [5.74, 6) is 0.965. The Hall–Kier alpha value is -1.84. The van der Waals surface area contributed by atoms with Crippen LogP contribution in [0.1, 0.15) is 43.7 Å². The topological polar surface area (TPSA) is 38.5 Å². The minimum absolute atomic E-state index is 0.739. The minimum Gasteiger partial charge on any atom is -0.494 e. The molecular formula is C24H36N2O. The molecule has 0 radical (unpaired) electrons. The largest absolute Gasteiger partial charge is 0.494 e. The first-order valence-electron chi connectivity index (χ1n) is 10.5. The summed E-state index contributed by atoms with van der Waals surface area (Å²) in [6, 6.07) is 19.4. The van der Waals surface area contributed by atoms with Gasteiger partial charge in [-0.3, -0.25) is 0 Å². The Morgan fingerprint density at radius 2 is 1.41 bits per heavy atom. The third-order valence-corrected chi connectivity index (χ3v) is 4.96. The van der Waals surface area contributed by atoms with E-state index < -0.39 is 0 Å². The van der Waals surface area contributed by atoms with Crippen molar-refractivity contribution >= 4 is 0 Å². The van der Waals surface area contributed by atoms with Crippen LogP contribution in [-0.2, 0) is 12.8 Å². The van der Waals surface area contributed by atoms with Crippen LogP contribution in [0.2, 0.25) is 0 Å². The van der Waals surface area contributed by atoms with E-state index in [1.54, 1.807) is 0 Å². The van der Waals surface area contributed by atoms with Gasteiger partial charge in [0.15, 0.2) is 0 Å². The van der Waals surface area contributed by atoms with Gasteiger partial charge in [-0.2, -0.15) is 0 Å². The molecule has 0 bridgehead atoms. The molecule has 148 valence electrons. The second-order valence-electron chi connectivity index (χ2n) is 7.12. The minimum atomic E-state index is 0.739. The molecule has 3 heteroatoms. The molecule has 0 aliphatic carbocycles. The molecule has 0 aromatic heterocycles. The fourth-order valence-electron chi connectivity index (χ4n) is 3.28. The molecule has 0 saturated carbocycles. The summed E-state index contributed by atoms with van der Waals surface area (Å²) in [4.78, 5) is 2.57. The monoisotopic (exact) mass is 368 g/mol. The summed E-state index contributed by atoms with van der Waals surface area (Å²) in [6.07, 6.45) is 6.78. The van der Waals surface area contributed by atoms with Crippen LogP contribution in [0.5, 0.6) is 5.75 Å². The number of ether oxygens (including phenoxy) is 1. The summed E-state index contributed by atoms with van der Waals surface area (Å²) in [5.41, 5.74) is 8.34. The van der Waals surface area contributed by atoms with Gasteiger partial charge >= 0.3 is 0 Å². The quantitative estimate of drug-likeness (QED) is 0.492. The molecule has 3 nitrogen and oxygen atoms in total. The van der Waals surface area contributed by atoms with Crippen LogP contribution in [0.3, 0.4) is 0 Å². The Kier molecular flexibility index (Phi) is 10.6. The predicted octanol–water partition coefficient (Wildman–Crippen LogP) is 4.69. The fourth-order valence-corrected chi connectivity index (χ4v) is 3.28. The van der Waals surface area contributed by atoms with E-state index in [2.05, 4.69) is 66.4 Å². The first-order chi connectivity index (χ1) is 13.3. The standard InChI is InChI=1S/C24H36N2O/c1-2-26(19-8-12-22-10-4-3-5-11-22)20-9-13-23-14-16-24(17-15-23)27-21-7-6-18-25/h3-5,10-11,14-17H,2,6-9,12-13,18-21,25H2,1H3. The molecule has 0 unspecified atom stereocenters. The van der Waals surface area contributed by atoms with E-state index in [1.807, 2.05) is 0 Å². The van der Waals surface area contributed by atoms with E-state index in [0.29, 0.717) is 0 Å². The lowest BCUT2D eigenvalue weighted by molar-refractivity contribution is 0.281. The van der Waals surface area contributed by atoms with Gasteiger partial charge < -0.3 is 15.4 Å². The number of benzene rings is 2. The number of nitrogens with zero attached hydrogens (tertiary/aromatic N) is 1. The van der Waals surface area contributed by atoms with Gasteiger partial charge in [-0.15, -0.1) is 0 Å². The Balaban J connectivity index is 1.61. The van der Waals surface area contributed by atoms with Crippen molar-refractivity contribution < 1.29 is 4.74 Å². The maximum absolute atomic E-state index is 5.74. The van der Waals surface area contributed by atoms with Crippen LogP contribution >= 0.6 is 0 Å². The van der Waals surface area contributed by atoms with Gasteiger partial charge in [-0.05, 0) is 88.0 Å². The smallest absolute Gasteiger partial charge is 0.119 e. The highest BCUT2D eigenvalue weighted by atomic mass is 16.5. The number of hydrogen-bond acceptors (Lipinski definition) is 3. The number of nitrogens with two attached hydrogens (primary N) is 1. The summed E-state index contributed by atoms with van der Waals surface area (Å²) < 4.78 is 5.74. The second-order valence-corrected chi connectivity index (χ2v) is 7.12. The number of rotatable bonds is 14. The molecule has 0 aliphatic rings. The number of hydrogen-bond donors (Lipinski definition) is 1. The Labute approximate surface area is 165 Å². The van der Waals surface area contributed by atoms with Crippen LogP contribution < -0.4 is 10.5 Å². The molecule has 0 atom stereocenters. The summed E-state index contributed by atoms with van der Waals surface area (Å²) in [5, 5.41) is 0. The second kappa shape index (κ2) is 13.3. The molecule has 0 fully saturated rings. The van der Waals surface area contributed by atoms with E-state index in [-0.39, 0.29) is 0 Å². The summed E-state index contributed by atoms with van der Waals surface area (Å²) in [6.45, 7) is 7.24. The zero-order chi connectivity index (χ0) is 19.2. The molecule has 0 aliphatic heterocycles. The summed E-state index contributed by atoms with van der Waals surface area (Å²) >= 11 is 0. The van der Waals surface area contributed by atoms with E-state index >= 15 is 0 Å². The Morgan fingerprint density at radius 3 is 2.00 bits per heavy atom. The maximum Gasteiger partial charge on any atom is 0.119 e. The zero-order valence-electron chi connectivity index (χ0n) is 16.9. The highest BCUT2D eigenvalue weighted by molar-refractivity contribution is 5.27. The lowest BCUT2D eigenvalue weighted by atomic mass is 10.1. The molecule has 0 heterocycles. The average Bonchev–Trinajstić information content (AvgIpc) is 2.72. The van der Waals surface area contributed by atoms with Gasteiger partial charge in [0.05, 0.1) is 6.61 Å². The van der Waals surface area contributed by atoms with Crippen molar-refractivity contribution in [3.63, 3.8) is 0 Å². The molecular weight excluding hydrogens is 332 g/mol. The number of aryl methyl sites for hydroxylation is 2. The third kappa shape index (κ3) is 9.07. The normalized spacial score (nSPS) is 11.1. The lowest BCUT2D eigenvalue weighted by Gasteiger charge is -2.20. The Morgan fingerprint density at radius 1 is 0.778 bits per heavy atom. The van der Waals surface area contributed by atoms with Crippen LogP contribution in [0.25, 0.3) is 0 Å². The van der Waals surface area contributed by atoms with E-state index in [1.165, 1.54) is 43.5 Å². The molecule has 0 amide bonds. The van der Waals surface area contributed by atoms with Crippen molar-refractivity contribution in [2.45, 2.75) is 45.4 Å². The Bertz CT molecular complexity index is 598. The zero-order valence-corrected chi connectivity index (χ0v) is 16.9. The van der Waals surface area contributed by atoms with Crippen LogP contribution in [0, 0.1) is 0 Å². The fraction of sp³-hybridized carbons (Fsp3) is 0.500. The molecule has 0 saturated heterocycles. The first kappa shape index (κ1) is 21.5. The van der Waals surface area contributed by atoms with Crippen molar-refractivity contribution in [1.82, 2.24) is 4.90 Å². The van der Waals surface area contributed by atoms with E-state index in [0.717, 1.165) is 44.7 Å². The van der Waals surface area contributed by atoms with Crippen molar-refractivity contribution in [1.29, 1.82) is 0 Å². The lowest BCUT2D eigenvalue weighted by Crippen LogP contribution is -2.26. The van der Waals surface area contributed by atoms with Gasteiger partial charge in [0.1, 0.15) is 5.75 Å². The molecule has 2 aromatic carbocycles. The van der Waals surface area contributed by atoms with Crippen molar-refractivity contribution in [3.8, 4) is 5.75 Å². The van der Waals surface area contributed by atoms with Crippen LogP contribution in [0.15, 0.2) is 54.6 Å².